The molecule has 0 unspecified atom stereocenters. The summed E-state index contributed by atoms with van der Waals surface area (Å²) in [6.07, 6.45) is 4.82. The van der Waals surface area contributed by atoms with E-state index in [0.717, 1.165) is 16.0 Å². The van der Waals surface area contributed by atoms with Crippen LogP contribution in [0.5, 0.6) is 5.75 Å². The fourth-order valence-electron chi connectivity index (χ4n) is 2.56. The van der Waals surface area contributed by atoms with Gasteiger partial charge in [-0.05, 0) is 47.8 Å². The standard InChI is InChI=1S/C19H17N3O4S/c1-13-3-8-18(27-13)16(23)6-4-14-5-7-17(26-2)15(11-14)12-21-10-9-19(20-21)22(24)25/h3-11H,12H2,1-2H3/b6-4+. The number of aromatic nitrogens is 2. The van der Waals surface area contributed by atoms with Gasteiger partial charge in [0.2, 0.25) is 0 Å². The monoisotopic (exact) mass is 383 g/mol. The Bertz CT molecular complexity index is 1020. The van der Waals surface area contributed by atoms with E-state index in [1.54, 1.807) is 25.4 Å². The second-order valence-electron chi connectivity index (χ2n) is 5.81. The van der Waals surface area contributed by atoms with E-state index in [-0.39, 0.29) is 11.6 Å². The highest BCUT2D eigenvalue weighted by atomic mass is 32.1. The van der Waals surface area contributed by atoms with Crippen molar-refractivity contribution in [3.63, 3.8) is 0 Å². The smallest absolute Gasteiger partial charge is 0.389 e. The minimum Gasteiger partial charge on any atom is -0.496 e. The van der Waals surface area contributed by atoms with E-state index in [2.05, 4.69) is 5.10 Å². The molecule has 0 aliphatic rings. The summed E-state index contributed by atoms with van der Waals surface area (Å²) in [6.45, 7) is 2.28. The van der Waals surface area contributed by atoms with E-state index in [4.69, 9.17) is 4.74 Å². The van der Waals surface area contributed by atoms with Gasteiger partial charge in [-0.3, -0.25) is 4.79 Å². The predicted molar refractivity (Wildman–Crippen MR) is 103 cm³/mol. The number of methoxy groups -OCH3 is 1. The van der Waals surface area contributed by atoms with Crippen molar-refractivity contribution < 1.29 is 14.5 Å². The number of allylic oxidation sites excluding steroid dienone is 1. The SMILES string of the molecule is COc1ccc(/C=C/C(=O)c2ccc(C)s2)cc1Cn1ccc([N+](=O)[O-])n1. The van der Waals surface area contributed by atoms with E-state index in [1.807, 2.05) is 31.2 Å². The highest BCUT2D eigenvalue weighted by Gasteiger charge is 2.13. The van der Waals surface area contributed by atoms with Crippen molar-refractivity contribution in [2.45, 2.75) is 13.5 Å². The van der Waals surface area contributed by atoms with Gasteiger partial charge in [0.1, 0.15) is 5.75 Å². The van der Waals surface area contributed by atoms with E-state index in [1.165, 1.54) is 28.2 Å². The van der Waals surface area contributed by atoms with E-state index in [9.17, 15) is 14.9 Å². The van der Waals surface area contributed by atoms with Crippen molar-refractivity contribution in [1.82, 2.24) is 9.78 Å². The Morgan fingerprint density at radius 3 is 2.78 bits per heavy atom. The van der Waals surface area contributed by atoms with E-state index >= 15 is 0 Å². The summed E-state index contributed by atoms with van der Waals surface area (Å²) in [6, 6.07) is 10.6. The number of hydrogen-bond acceptors (Lipinski definition) is 6. The molecule has 2 heterocycles. The lowest BCUT2D eigenvalue weighted by Crippen LogP contribution is -2.03. The third kappa shape index (κ3) is 4.48. The maximum absolute atomic E-state index is 12.2. The lowest BCUT2D eigenvalue weighted by Gasteiger charge is -2.08. The molecule has 0 saturated carbocycles. The van der Waals surface area contributed by atoms with Crippen molar-refractivity contribution in [2.75, 3.05) is 7.11 Å². The predicted octanol–water partition coefficient (Wildman–Crippen LogP) is 4.11. The van der Waals surface area contributed by atoms with Crippen molar-refractivity contribution in [2.24, 2.45) is 0 Å². The maximum Gasteiger partial charge on any atom is 0.389 e. The Morgan fingerprint density at radius 2 is 2.15 bits per heavy atom. The van der Waals surface area contributed by atoms with Crippen molar-refractivity contribution >= 4 is 29.0 Å². The molecule has 0 amide bonds. The molecule has 0 saturated heterocycles. The van der Waals surface area contributed by atoms with Crippen molar-refractivity contribution in [3.05, 3.63) is 79.7 Å². The molecule has 1 aromatic carbocycles. The van der Waals surface area contributed by atoms with Crippen LogP contribution in [0, 0.1) is 17.0 Å². The number of benzene rings is 1. The Hall–Kier alpha value is -3.26. The minimum absolute atomic E-state index is 0.0480. The number of carbonyl (C=O) groups excluding carboxylic acids is 1. The normalized spacial score (nSPS) is 11.0. The number of nitrogens with zero attached hydrogens (tertiary/aromatic N) is 3. The number of thiophene rings is 1. The molecule has 0 fully saturated rings. The summed E-state index contributed by atoms with van der Waals surface area (Å²) in [5.74, 6) is 0.389. The third-order valence-electron chi connectivity index (χ3n) is 3.86. The quantitative estimate of drug-likeness (QED) is 0.265. The molecule has 7 nitrogen and oxygen atoms in total. The maximum atomic E-state index is 12.2. The van der Waals surface area contributed by atoms with Crippen LogP contribution in [0.25, 0.3) is 6.08 Å². The summed E-state index contributed by atoms with van der Waals surface area (Å²) in [5, 5.41) is 14.7. The second kappa shape index (κ2) is 7.96. The summed E-state index contributed by atoms with van der Waals surface area (Å²) >= 11 is 1.46. The van der Waals surface area contributed by atoms with Gasteiger partial charge < -0.3 is 14.9 Å². The highest BCUT2D eigenvalue weighted by molar-refractivity contribution is 7.14. The van der Waals surface area contributed by atoms with Gasteiger partial charge in [-0.25, -0.2) is 0 Å². The Kier molecular flexibility index (Phi) is 5.46. The largest absolute Gasteiger partial charge is 0.496 e. The first kappa shape index (κ1) is 18.5. The van der Waals surface area contributed by atoms with E-state index < -0.39 is 4.92 Å². The molecule has 27 heavy (non-hydrogen) atoms. The molecule has 3 rings (SSSR count). The van der Waals surface area contributed by atoms with Gasteiger partial charge in [-0.1, -0.05) is 12.1 Å². The third-order valence-corrected chi connectivity index (χ3v) is 4.88. The highest BCUT2D eigenvalue weighted by Crippen LogP contribution is 2.23. The Labute approximate surface area is 159 Å². The fraction of sp³-hybridized carbons (Fsp3) is 0.158. The van der Waals surface area contributed by atoms with Crippen LogP contribution >= 0.6 is 11.3 Å². The number of ketones is 1. The zero-order chi connectivity index (χ0) is 19.4. The molecule has 0 aliphatic carbocycles. The van der Waals surface area contributed by atoms with Gasteiger partial charge in [0, 0.05) is 10.4 Å². The minimum atomic E-state index is -0.537. The summed E-state index contributed by atoms with van der Waals surface area (Å²) < 4.78 is 6.84. The second-order valence-corrected chi connectivity index (χ2v) is 7.10. The number of carbonyl (C=O) groups is 1. The lowest BCUT2D eigenvalue weighted by molar-refractivity contribution is -0.389. The molecule has 2 aromatic heterocycles. The average Bonchev–Trinajstić information content (AvgIpc) is 3.29. The number of aryl methyl sites for hydroxylation is 1. The summed E-state index contributed by atoms with van der Waals surface area (Å²) in [4.78, 5) is 24.2. The van der Waals surface area contributed by atoms with Gasteiger partial charge in [0.15, 0.2) is 5.78 Å². The first-order valence-corrected chi connectivity index (χ1v) is 8.91. The zero-order valence-corrected chi connectivity index (χ0v) is 15.6. The Balaban J connectivity index is 1.81. The first-order valence-electron chi connectivity index (χ1n) is 8.10. The van der Waals surface area contributed by atoms with Gasteiger partial charge >= 0.3 is 5.82 Å². The van der Waals surface area contributed by atoms with Crippen molar-refractivity contribution in [1.29, 1.82) is 0 Å². The van der Waals surface area contributed by atoms with Crippen LogP contribution < -0.4 is 4.74 Å². The van der Waals surface area contributed by atoms with Crippen LogP contribution in [0.3, 0.4) is 0 Å². The van der Waals surface area contributed by atoms with Crippen LogP contribution in [0.2, 0.25) is 0 Å². The van der Waals surface area contributed by atoms with Gasteiger partial charge in [0.05, 0.1) is 35.9 Å². The van der Waals surface area contributed by atoms with Gasteiger partial charge in [-0.15, -0.1) is 11.3 Å². The van der Waals surface area contributed by atoms with Crippen molar-refractivity contribution in [3.8, 4) is 5.75 Å². The van der Waals surface area contributed by atoms with Crippen LogP contribution in [0.15, 0.2) is 48.7 Å². The van der Waals surface area contributed by atoms with Gasteiger partial charge in [-0.2, -0.15) is 4.68 Å². The van der Waals surface area contributed by atoms with Gasteiger partial charge in [0.25, 0.3) is 0 Å². The number of nitro groups is 1. The Morgan fingerprint density at radius 1 is 1.33 bits per heavy atom. The summed E-state index contributed by atoms with van der Waals surface area (Å²) in [5.41, 5.74) is 1.63. The molecule has 0 N–H and O–H groups in total. The topological polar surface area (TPSA) is 87.3 Å². The van der Waals surface area contributed by atoms with Crippen LogP contribution in [0.1, 0.15) is 25.7 Å². The van der Waals surface area contributed by atoms with E-state index in [0.29, 0.717) is 17.2 Å². The molecule has 8 heteroatoms. The molecule has 0 bridgehead atoms. The summed E-state index contributed by atoms with van der Waals surface area (Å²) in [7, 11) is 1.56. The first-order chi connectivity index (χ1) is 13.0. The van der Waals surface area contributed by atoms with Crippen LogP contribution in [-0.2, 0) is 6.54 Å². The molecule has 0 atom stereocenters. The van der Waals surface area contributed by atoms with Crippen LogP contribution in [0.4, 0.5) is 5.82 Å². The molecular formula is C19H17N3O4S. The molecular weight excluding hydrogens is 366 g/mol. The number of ether oxygens (including phenoxy) is 1. The molecule has 0 radical (unpaired) electrons. The zero-order valence-electron chi connectivity index (χ0n) is 14.8. The lowest BCUT2D eigenvalue weighted by atomic mass is 10.1. The van der Waals surface area contributed by atoms with Crippen LogP contribution in [-0.4, -0.2) is 27.6 Å². The average molecular weight is 383 g/mol. The number of hydrogen-bond donors (Lipinski definition) is 0. The fourth-order valence-corrected chi connectivity index (χ4v) is 3.35. The molecule has 0 aliphatic heterocycles. The molecule has 0 spiro atoms. The number of rotatable bonds is 7. The molecule has 3 aromatic rings. The molecule has 138 valence electrons.